The van der Waals surface area contributed by atoms with Crippen molar-refractivity contribution in [1.82, 2.24) is 19.9 Å². The van der Waals surface area contributed by atoms with Crippen molar-refractivity contribution in [3.8, 4) is 5.75 Å². The molecule has 0 aliphatic rings. The predicted octanol–water partition coefficient (Wildman–Crippen LogP) is 4.94. The molecule has 1 N–H and O–H groups in total. The third-order valence-corrected chi connectivity index (χ3v) is 5.35. The summed E-state index contributed by atoms with van der Waals surface area (Å²) in [6.07, 6.45) is 9.10. The van der Waals surface area contributed by atoms with Gasteiger partial charge < -0.3 is 14.6 Å². The number of halogens is 3. The van der Waals surface area contributed by atoms with E-state index in [1.54, 1.807) is 23.9 Å². The van der Waals surface area contributed by atoms with E-state index in [1.165, 1.54) is 11.1 Å². The molecule has 0 saturated heterocycles. The van der Waals surface area contributed by atoms with Crippen molar-refractivity contribution >= 4 is 48.1 Å². The molecule has 6 nitrogen and oxygen atoms in total. The molecular weight excluding hydrogens is 495 g/mol. The van der Waals surface area contributed by atoms with Gasteiger partial charge in [0.1, 0.15) is 5.75 Å². The fourth-order valence-electron chi connectivity index (χ4n) is 3.64. The lowest BCUT2D eigenvalue weighted by molar-refractivity contribution is 0.305. The van der Waals surface area contributed by atoms with Gasteiger partial charge >= 0.3 is 0 Å². The fraction of sp³-hybridized carbons (Fsp3) is 0.240. The third kappa shape index (κ3) is 7.71. The van der Waals surface area contributed by atoms with Crippen LogP contribution in [0.2, 0.25) is 0 Å². The second kappa shape index (κ2) is 14.6. The molecule has 34 heavy (non-hydrogen) atoms. The van der Waals surface area contributed by atoms with Crippen LogP contribution in [-0.4, -0.2) is 27.7 Å². The maximum atomic E-state index is 11.8. The minimum absolute atomic E-state index is 0. The number of pyridine rings is 3. The van der Waals surface area contributed by atoms with Gasteiger partial charge in [-0.15, -0.1) is 37.2 Å². The van der Waals surface area contributed by atoms with Gasteiger partial charge in [-0.05, 0) is 73.0 Å². The van der Waals surface area contributed by atoms with Crippen molar-refractivity contribution in [1.29, 1.82) is 0 Å². The SMILES string of the molecule is Cl.Cl.Cl.Cn1c(=O)ccc2cc(OCCCNC(Cc3ccncc3)c3cccnc3)ccc21. The smallest absolute Gasteiger partial charge is 0.250 e. The number of fused-ring (bicyclic) bond motifs is 1. The molecule has 3 heterocycles. The highest BCUT2D eigenvalue weighted by Crippen LogP contribution is 2.20. The molecular formula is C25H29Cl3N4O2. The molecule has 1 unspecified atom stereocenters. The molecule has 0 fully saturated rings. The molecule has 9 heteroatoms. The van der Waals surface area contributed by atoms with Crippen LogP contribution >= 0.6 is 37.2 Å². The Morgan fingerprint density at radius 3 is 2.50 bits per heavy atom. The molecule has 1 atom stereocenters. The summed E-state index contributed by atoms with van der Waals surface area (Å²) in [5.41, 5.74) is 3.29. The van der Waals surface area contributed by atoms with E-state index in [0.717, 1.165) is 36.0 Å². The van der Waals surface area contributed by atoms with E-state index in [-0.39, 0.29) is 48.8 Å². The summed E-state index contributed by atoms with van der Waals surface area (Å²) in [4.78, 5) is 20.1. The number of ether oxygens (including phenoxy) is 1. The molecule has 0 spiro atoms. The van der Waals surface area contributed by atoms with Gasteiger partial charge in [0, 0.05) is 49.3 Å². The molecule has 0 amide bonds. The van der Waals surface area contributed by atoms with Gasteiger partial charge in [0.05, 0.1) is 12.1 Å². The van der Waals surface area contributed by atoms with Gasteiger partial charge in [-0.3, -0.25) is 14.8 Å². The van der Waals surface area contributed by atoms with Crippen LogP contribution in [0.1, 0.15) is 23.6 Å². The molecule has 182 valence electrons. The molecule has 4 aromatic rings. The Hall–Kier alpha value is -2.64. The molecule has 0 aliphatic carbocycles. The minimum atomic E-state index is -0.0119. The van der Waals surface area contributed by atoms with E-state index in [4.69, 9.17) is 4.74 Å². The highest BCUT2D eigenvalue weighted by molar-refractivity contribution is 5.86. The topological polar surface area (TPSA) is 69.0 Å². The van der Waals surface area contributed by atoms with Crippen LogP contribution in [0.3, 0.4) is 0 Å². The lowest BCUT2D eigenvalue weighted by atomic mass is 10.0. The number of benzene rings is 1. The standard InChI is InChI=1S/C25H26N4O2.3ClH/c1-29-24-7-6-22(17-20(24)5-8-25(29)30)31-15-3-12-28-23(21-4-2-11-27-18-21)16-19-9-13-26-14-10-19;;;/h2,4-11,13-14,17-18,23,28H,3,12,15-16H2,1H3;3*1H. The van der Waals surface area contributed by atoms with Gasteiger partial charge in [0.2, 0.25) is 0 Å². The summed E-state index contributed by atoms with van der Waals surface area (Å²) in [7, 11) is 1.78. The van der Waals surface area contributed by atoms with Crippen LogP contribution in [-0.2, 0) is 13.5 Å². The van der Waals surface area contributed by atoms with Crippen LogP contribution in [0.15, 0.2) is 84.2 Å². The molecule has 0 radical (unpaired) electrons. The first-order valence-corrected chi connectivity index (χ1v) is 10.5. The summed E-state index contributed by atoms with van der Waals surface area (Å²) in [6.45, 7) is 1.44. The van der Waals surface area contributed by atoms with Crippen LogP contribution in [0.4, 0.5) is 0 Å². The minimum Gasteiger partial charge on any atom is -0.494 e. The van der Waals surface area contributed by atoms with Crippen molar-refractivity contribution in [3.05, 3.63) is 101 Å². The van der Waals surface area contributed by atoms with E-state index in [1.807, 2.05) is 61.1 Å². The summed E-state index contributed by atoms with van der Waals surface area (Å²) >= 11 is 0. The number of nitrogens with one attached hydrogen (secondary N) is 1. The number of rotatable bonds is 9. The highest BCUT2D eigenvalue weighted by Gasteiger charge is 2.12. The largest absolute Gasteiger partial charge is 0.494 e. The Morgan fingerprint density at radius 2 is 1.76 bits per heavy atom. The van der Waals surface area contributed by atoms with Crippen LogP contribution in [0.5, 0.6) is 5.75 Å². The Morgan fingerprint density at radius 1 is 0.971 bits per heavy atom. The predicted molar refractivity (Wildman–Crippen MR) is 144 cm³/mol. The number of hydrogen-bond donors (Lipinski definition) is 1. The van der Waals surface area contributed by atoms with Gasteiger partial charge in [0.25, 0.3) is 5.56 Å². The van der Waals surface area contributed by atoms with E-state index >= 15 is 0 Å². The van der Waals surface area contributed by atoms with Crippen LogP contribution in [0, 0.1) is 0 Å². The second-order valence-electron chi connectivity index (χ2n) is 7.51. The average molecular weight is 524 g/mol. The van der Waals surface area contributed by atoms with E-state index in [0.29, 0.717) is 6.61 Å². The number of nitrogens with zero attached hydrogens (tertiary/aromatic N) is 3. The Bertz CT molecular complexity index is 1190. The maximum absolute atomic E-state index is 11.8. The quantitative estimate of drug-likeness (QED) is 0.315. The Labute approximate surface area is 218 Å². The lowest BCUT2D eigenvalue weighted by Gasteiger charge is -2.19. The van der Waals surface area contributed by atoms with Crippen LogP contribution in [0.25, 0.3) is 10.9 Å². The van der Waals surface area contributed by atoms with Crippen molar-refractivity contribution in [2.24, 2.45) is 7.05 Å². The maximum Gasteiger partial charge on any atom is 0.250 e. The molecule has 0 aliphatic heterocycles. The van der Waals surface area contributed by atoms with Gasteiger partial charge in [0.15, 0.2) is 0 Å². The van der Waals surface area contributed by atoms with E-state index in [2.05, 4.69) is 21.4 Å². The first-order valence-electron chi connectivity index (χ1n) is 10.5. The Kier molecular flexibility index (Phi) is 12.6. The monoisotopic (exact) mass is 522 g/mol. The molecule has 1 aromatic carbocycles. The lowest BCUT2D eigenvalue weighted by Crippen LogP contribution is -2.25. The van der Waals surface area contributed by atoms with Crippen molar-refractivity contribution in [2.75, 3.05) is 13.2 Å². The first-order chi connectivity index (χ1) is 15.2. The van der Waals surface area contributed by atoms with E-state index < -0.39 is 0 Å². The zero-order valence-corrected chi connectivity index (χ0v) is 21.2. The fourth-order valence-corrected chi connectivity index (χ4v) is 3.64. The normalized spacial score (nSPS) is 11.0. The summed E-state index contributed by atoms with van der Waals surface area (Å²) in [5.74, 6) is 0.812. The summed E-state index contributed by atoms with van der Waals surface area (Å²) < 4.78 is 7.59. The zero-order valence-electron chi connectivity index (χ0n) is 18.8. The van der Waals surface area contributed by atoms with E-state index in [9.17, 15) is 4.79 Å². The van der Waals surface area contributed by atoms with Crippen molar-refractivity contribution in [3.63, 3.8) is 0 Å². The van der Waals surface area contributed by atoms with Gasteiger partial charge in [-0.2, -0.15) is 0 Å². The number of aryl methyl sites for hydroxylation is 1. The molecule has 0 saturated carbocycles. The highest BCUT2D eigenvalue weighted by atomic mass is 35.5. The number of aromatic nitrogens is 3. The first kappa shape index (κ1) is 29.4. The molecule has 3 aromatic heterocycles. The molecule has 0 bridgehead atoms. The zero-order chi connectivity index (χ0) is 21.5. The summed E-state index contributed by atoms with van der Waals surface area (Å²) in [5, 5.41) is 4.63. The Balaban J connectivity index is 0.00000193. The molecule has 4 rings (SSSR count). The summed E-state index contributed by atoms with van der Waals surface area (Å²) in [6, 6.07) is 17.6. The van der Waals surface area contributed by atoms with Gasteiger partial charge in [-0.1, -0.05) is 6.07 Å². The number of hydrogen-bond acceptors (Lipinski definition) is 5. The van der Waals surface area contributed by atoms with Crippen LogP contribution < -0.4 is 15.6 Å². The van der Waals surface area contributed by atoms with Gasteiger partial charge in [-0.25, -0.2) is 0 Å². The second-order valence-corrected chi connectivity index (χ2v) is 7.51. The average Bonchev–Trinajstić information content (AvgIpc) is 2.82. The third-order valence-electron chi connectivity index (χ3n) is 5.35. The van der Waals surface area contributed by atoms with Crippen molar-refractivity contribution < 1.29 is 4.74 Å². The van der Waals surface area contributed by atoms with Crippen molar-refractivity contribution in [2.45, 2.75) is 18.9 Å².